The molecule has 1 saturated carbocycles. The fourth-order valence-corrected chi connectivity index (χ4v) is 4.63. The van der Waals surface area contributed by atoms with Gasteiger partial charge in [-0.1, -0.05) is 17.7 Å². The van der Waals surface area contributed by atoms with Gasteiger partial charge in [-0.05, 0) is 31.0 Å². The van der Waals surface area contributed by atoms with E-state index in [4.69, 9.17) is 30.6 Å². The highest BCUT2D eigenvalue weighted by atomic mass is 35.5. The predicted molar refractivity (Wildman–Crippen MR) is 142 cm³/mol. The van der Waals surface area contributed by atoms with Crippen LogP contribution in [0.1, 0.15) is 24.3 Å². The van der Waals surface area contributed by atoms with Crippen LogP contribution >= 0.6 is 11.6 Å². The van der Waals surface area contributed by atoms with E-state index in [9.17, 15) is 29.3 Å². The maximum Gasteiger partial charge on any atom is 0.324 e. The number of halogens is 1. The summed E-state index contributed by atoms with van der Waals surface area (Å²) in [5.41, 5.74) is -1.52. The molecule has 1 heterocycles. The summed E-state index contributed by atoms with van der Waals surface area (Å²) in [5, 5.41) is 21.4. The van der Waals surface area contributed by atoms with Gasteiger partial charge in [-0.3, -0.25) is 29.3 Å². The fourth-order valence-electron chi connectivity index (χ4n) is 4.42. The lowest BCUT2D eigenvalue weighted by molar-refractivity contribution is -0.385. The quantitative estimate of drug-likeness (QED) is 0.113. The minimum Gasteiger partial charge on any atom is -0.490 e. The molecule has 1 aliphatic carbocycles. The molecule has 41 heavy (non-hydrogen) atoms. The number of ether oxygens (including phenoxy) is 4. The minimum absolute atomic E-state index is 0.0215. The molecule has 0 saturated heterocycles. The van der Waals surface area contributed by atoms with E-state index in [1.54, 1.807) is 6.07 Å². The Kier molecular flexibility index (Phi) is 8.89. The third-order valence-electron chi connectivity index (χ3n) is 6.62. The van der Waals surface area contributed by atoms with E-state index in [2.05, 4.69) is 9.47 Å². The van der Waals surface area contributed by atoms with Crippen LogP contribution < -0.4 is 10.2 Å². The summed E-state index contributed by atoms with van der Waals surface area (Å²) in [6, 6.07) is 7.80. The van der Waals surface area contributed by atoms with Crippen LogP contribution in [-0.4, -0.2) is 61.5 Å². The van der Waals surface area contributed by atoms with E-state index in [0.29, 0.717) is 12.8 Å². The van der Waals surface area contributed by atoms with Crippen molar-refractivity contribution in [2.24, 2.45) is 5.92 Å². The third kappa shape index (κ3) is 6.15. The second kappa shape index (κ2) is 12.4. The van der Waals surface area contributed by atoms with E-state index in [0.717, 1.165) is 32.4 Å². The number of rotatable bonds is 11. The Morgan fingerprint density at radius 2 is 1.80 bits per heavy atom. The summed E-state index contributed by atoms with van der Waals surface area (Å²) in [4.78, 5) is 60.2. The Hall–Kier alpha value is -4.49. The normalized spacial score (nSPS) is 16.2. The maximum absolute atomic E-state index is 12.9. The van der Waals surface area contributed by atoms with Crippen LogP contribution in [0.5, 0.6) is 5.75 Å². The number of nitro groups is 1. The summed E-state index contributed by atoms with van der Waals surface area (Å²) in [6.07, 6.45) is 0.437. The van der Waals surface area contributed by atoms with Gasteiger partial charge in [0.15, 0.2) is 16.9 Å². The molecular formula is C27H24ClNO12. The van der Waals surface area contributed by atoms with Crippen LogP contribution in [0.4, 0.5) is 5.69 Å². The van der Waals surface area contributed by atoms with E-state index in [1.807, 2.05) is 0 Å². The van der Waals surface area contributed by atoms with Crippen LogP contribution in [0.25, 0.3) is 22.3 Å². The molecule has 0 unspecified atom stereocenters. The fraction of sp³-hybridized carbons (Fsp3) is 0.333. The number of fused-ring (bicyclic) bond motifs is 1. The first kappa shape index (κ1) is 29.5. The average molecular weight is 590 g/mol. The molecule has 1 fully saturated rings. The molecule has 0 bridgehead atoms. The summed E-state index contributed by atoms with van der Waals surface area (Å²) in [5.74, 6) is -5.62. The summed E-state index contributed by atoms with van der Waals surface area (Å²) < 4.78 is 26.7. The zero-order chi connectivity index (χ0) is 29.8. The standard InChI is InChI=1S/C27H24ClNO12/c1-37-26(33)23(27(34)38-2)16-11-21(40-7-6-39-14-8-13(9-14)25(31)32)17(10-19(16)29(35)36)22-12-20(30)15-4-3-5-18(28)24(15)41-22/h3-5,10-14,23H,6-9H2,1-2H3,(H,31,32). The van der Waals surface area contributed by atoms with Crippen molar-refractivity contribution in [2.45, 2.75) is 24.9 Å². The molecular weight excluding hydrogens is 566 g/mol. The van der Waals surface area contributed by atoms with Crippen molar-refractivity contribution in [3.05, 3.63) is 67.3 Å². The number of nitro benzene ring substituents is 1. The first-order valence-electron chi connectivity index (χ1n) is 12.2. The molecule has 13 nitrogen and oxygen atoms in total. The number of benzene rings is 2. The zero-order valence-corrected chi connectivity index (χ0v) is 22.5. The first-order chi connectivity index (χ1) is 19.5. The molecule has 0 radical (unpaired) electrons. The van der Waals surface area contributed by atoms with Gasteiger partial charge >= 0.3 is 17.9 Å². The van der Waals surface area contributed by atoms with Crippen LogP contribution in [0.3, 0.4) is 0 Å². The molecule has 3 aromatic rings. The number of carbonyl (C=O) groups excluding carboxylic acids is 2. The van der Waals surface area contributed by atoms with Crippen molar-refractivity contribution in [3.8, 4) is 17.1 Å². The van der Waals surface area contributed by atoms with E-state index in [1.165, 1.54) is 12.1 Å². The summed E-state index contributed by atoms with van der Waals surface area (Å²) in [6.45, 7) is -0.0914. The Balaban J connectivity index is 1.78. The molecule has 4 rings (SSSR count). The molecule has 0 aliphatic heterocycles. The highest BCUT2D eigenvalue weighted by Crippen LogP contribution is 2.41. The first-order valence-corrected chi connectivity index (χ1v) is 12.6. The van der Waals surface area contributed by atoms with Gasteiger partial charge in [0.2, 0.25) is 0 Å². The van der Waals surface area contributed by atoms with Gasteiger partial charge in [0.05, 0.1) is 59.3 Å². The van der Waals surface area contributed by atoms with E-state index < -0.39 is 45.8 Å². The summed E-state index contributed by atoms with van der Waals surface area (Å²) >= 11 is 6.23. The van der Waals surface area contributed by atoms with E-state index in [-0.39, 0.29) is 57.9 Å². The van der Waals surface area contributed by atoms with Crippen molar-refractivity contribution in [3.63, 3.8) is 0 Å². The number of aliphatic carboxylic acids is 1. The molecule has 1 aliphatic rings. The number of nitrogens with zero attached hydrogens (tertiary/aromatic N) is 1. The van der Waals surface area contributed by atoms with Crippen molar-refractivity contribution in [1.82, 2.24) is 0 Å². The molecule has 14 heteroatoms. The maximum atomic E-state index is 12.9. The number of esters is 2. The second-order valence-corrected chi connectivity index (χ2v) is 9.49. The van der Waals surface area contributed by atoms with Crippen molar-refractivity contribution in [1.29, 1.82) is 0 Å². The molecule has 0 amide bonds. The number of carboxylic acids is 1. The second-order valence-electron chi connectivity index (χ2n) is 9.08. The SMILES string of the molecule is COC(=O)C(C(=O)OC)c1cc(OCCOC2CC(C(=O)O)C2)c(-c2cc(=O)c3cccc(Cl)c3o2)cc1[N+](=O)[O-]. The molecule has 1 aromatic heterocycles. The predicted octanol–water partition coefficient (Wildman–Crippen LogP) is 3.71. The lowest BCUT2D eigenvalue weighted by Crippen LogP contribution is -2.37. The average Bonchev–Trinajstić information content (AvgIpc) is 2.91. The Morgan fingerprint density at radius 3 is 2.41 bits per heavy atom. The van der Waals surface area contributed by atoms with Gasteiger partial charge < -0.3 is 28.5 Å². The van der Waals surface area contributed by atoms with Gasteiger partial charge in [0, 0.05) is 12.1 Å². The number of hydrogen-bond acceptors (Lipinski definition) is 11. The topological polar surface area (TPSA) is 182 Å². The lowest BCUT2D eigenvalue weighted by Gasteiger charge is -2.32. The number of para-hydroxylation sites is 1. The molecule has 1 N–H and O–H groups in total. The van der Waals surface area contributed by atoms with Gasteiger partial charge in [0.1, 0.15) is 18.1 Å². The Bertz CT molecular complexity index is 1560. The van der Waals surface area contributed by atoms with Crippen molar-refractivity contribution in [2.75, 3.05) is 27.4 Å². The van der Waals surface area contributed by atoms with Gasteiger partial charge in [-0.25, -0.2) is 0 Å². The lowest BCUT2D eigenvalue weighted by atomic mass is 9.82. The molecule has 0 spiro atoms. The third-order valence-corrected chi connectivity index (χ3v) is 6.92. The largest absolute Gasteiger partial charge is 0.490 e. The number of methoxy groups -OCH3 is 2. The van der Waals surface area contributed by atoms with E-state index >= 15 is 0 Å². The number of hydrogen-bond donors (Lipinski definition) is 1. The molecule has 216 valence electrons. The van der Waals surface area contributed by atoms with Crippen LogP contribution in [0.2, 0.25) is 5.02 Å². The minimum atomic E-state index is -1.82. The molecule has 2 aromatic carbocycles. The van der Waals surface area contributed by atoms with Crippen LogP contribution in [-0.2, 0) is 28.6 Å². The molecule has 0 atom stereocenters. The Labute approximate surface area is 236 Å². The highest BCUT2D eigenvalue weighted by molar-refractivity contribution is 6.34. The van der Waals surface area contributed by atoms with Crippen LogP contribution in [0, 0.1) is 16.0 Å². The van der Waals surface area contributed by atoms with Crippen molar-refractivity contribution >= 4 is 46.2 Å². The smallest absolute Gasteiger partial charge is 0.324 e. The zero-order valence-electron chi connectivity index (χ0n) is 21.8. The monoisotopic (exact) mass is 589 g/mol. The summed E-state index contributed by atoms with van der Waals surface area (Å²) in [7, 11) is 2.02. The van der Waals surface area contributed by atoms with Crippen LogP contribution in [0.15, 0.2) is 45.6 Å². The van der Waals surface area contributed by atoms with Crippen molar-refractivity contribution < 1.29 is 47.8 Å². The van der Waals surface area contributed by atoms with Gasteiger partial charge in [-0.15, -0.1) is 0 Å². The Morgan fingerprint density at radius 1 is 1.12 bits per heavy atom. The van der Waals surface area contributed by atoms with Gasteiger partial charge in [-0.2, -0.15) is 0 Å². The highest BCUT2D eigenvalue weighted by Gasteiger charge is 2.38. The van der Waals surface area contributed by atoms with Gasteiger partial charge in [0.25, 0.3) is 5.69 Å². The number of carbonyl (C=O) groups is 3. The number of carboxylic acid groups (broad SMARTS) is 1.